The Morgan fingerprint density at radius 3 is 2.50 bits per heavy atom. The monoisotopic (exact) mass is 386 g/mol. The van der Waals surface area contributed by atoms with Crippen LogP contribution in [0.4, 0.5) is 0 Å². The predicted molar refractivity (Wildman–Crippen MR) is 107 cm³/mol. The molecule has 1 N–H and O–H groups in total. The van der Waals surface area contributed by atoms with Gasteiger partial charge in [-0.2, -0.15) is 0 Å². The Kier molecular flexibility index (Phi) is 5.55. The third-order valence-electron chi connectivity index (χ3n) is 4.19. The highest BCUT2D eigenvalue weighted by Crippen LogP contribution is 2.28. The number of nitrogens with zero attached hydrogens (tertiary/aromatic N) is 1. The molecule has 1 aromatic heterocycles. The maximum Gasteiger partial charge on any atom is 0.240 e. The van der Waals surface area contributed by atoms with Crippen molar-refractivity contribution in [2.24, 2.45) is 0 Å². The Morgan fingerprint density at radius 1 is 1.04 bits per heavy atom. The molecule has 0 radical (unpaired) electrons. The number of hydrogen-bond acceptors (Lipinski definition) is 4. The highest BCUT2D eigenvalue weighted by Gasteiger charge is 2.17. The maximum absolute atomic E-state index is 12.6. The number of benzene rings is 2. The normalized spacial score (nSPS) is 11.7. The van der Waals surface area contributed by atoms with Crippen LogP contribution in [-0.4, -0.2) is 19.9 Å². The molecule has 0 bridgehead atoms. The molecule has 0 aliphatic rings. The van der Waals surface area contributed by atoms with Gasteiger partial charge >= 0.3 is 0 Å². The fraction of sp³-hybridized carbons (Fsp3) is 0.250. The fourth-order valence-corrected chi connectivity index (χ4v) is 5.16. The second kappa shape index (κ2) is 7.70. The first kappa shape index (κ1) is 18.8. The van der Waals surface area contributed by atoms with Crippen LogP contribution >= 0.6 is 11.3 Å². The Labute approximate surface area is 159 Å². The van der Waals surface area contributed by atoms with Gasteiger partial charge in [-0.15, -0.1) is 11.3 Å². The highest BCUT2D eigenvalue weighted by atomic mass is 32.2. The van der Waals surface area contributed by atoms with Crippen molar-refractivity contribution in [1.82, 2.24) is 9.71 Å². The van der Waals surface area contributed by atoms with Gasteiger partial charge in [-0.25, -0.2) is 18.1 Å². The van der Waals surface area contributed by atoms with E-state index in [-0.39, 0.29) is 0 Å². The molecule has 3 aromatic rings. The molecule has 0 aliphatic heterocycles. The summed E-state index contributed by atoms with van der Waals surface area (Å²) in [4.78, 5) is 6.08. The second-order valence-electron chi connectivity index (χ2n) is 6.31. The van der Waals surface area contributed by atoms with Crippen molar-refractivity contribution in [1.29, 1.82) is 0 Å². The van der Waals surface area contributed by atoms with Gasteiger partial charge in [0.2, 0.25) is 10.0 Å². The zero-order valence-electron chi connectivity index (χ0n) is 15.1. The van der Waals surface area contributed by atoms with E-state index in [9.17, 15) is 8.42 Å². The van der Waals surface area contributed by atoms with Crippen molar-refractivity contribution in [2.45, 2.75) is 32.1 Å². The summed E-state index contributed by atoms with van der Waals surface area (Å²) in [5, 5.41) is 0.968. The summed E-state index contributed by atoms with van der Waals surface area (Å²) in [6, 6.07) is 15.5. The Bertz CT molecular complexity index is 1010. The lowest BCUT2D eigenvalue weighted by Gasteiger charge is -2.10. The number of sulfonamides is 1. The molecule has 6 heteroatoms. The van der Waals surface area contributed by atoms with Crippen LogP contribution < -0.4 is 4.72 Å². The minimum absolute atomic E-state index is 0.350. The number of nitrogens with one attached hydrogen (secondary N) is 1. The van der Waals surface area contributed by atoms with Crippen molar-refractivity contribution in [2.75, 3.05) is 6.54 Å². The van der Waals surface area contributed by atoms with E-state index >= 15 is 0 Å². The van der Waals surface area contributed by atoms with Gasteiger partial charge in [0.25, 0.3) is 0 Å². The Balaban J connectivity index is 1.70. The molecule has 2 aromatic carbocycles. The Morgan fingerprint density at radius 2 is 1.77 bits per heavy atom. The largest absolute Gasteiger partial charge is 0.241 e. The predicted octanol–water partition coefficient (Wildman–Crippen LogP) is 4.26. The van der Waals surface area contributed by atoms with Crippen molar-refractivity contribution in [3.63, 3.8) is 0 Å². The SMILES string of the molecule is Cc1ccc(C)c(S(=O)(=O)NCCc2sc(-c3ccccc3)nc2C)c1. The molecule has 0 saturated carbocycles. The summed E-state index contributed by atoms with van der Waals surface area (Å²) < 4.78 is 27.9. The van der Waals surface area contributed by atoms with E-state index < -0.39 is 10.0 Å². The molecule has 1 heterocycles. The Hall–Kier alpha value is -2.02. The molecule has 0 unspecified atom stereocenters. The van der Waals surface area contributed by atoms with Crippen LogP contribution in [0.2, 0.25) is 0 Å². The summed E-state index contributed by atoms with van der Waals surface area (Å²) >= 11 is 1.62. The van der Waals surface area contributed by atoms with E-state index in [1.165, 1.54) is 0 Å². The van der Waals surface area contributed by atoms with Crippen molar-refractivity contribution >= 4 is 21.4 Å². The molecule has 0 atom stereocenters. The number of hydrogen-bond donors (Lipinski definition) is 1. The van der Waals surface area contributed by atoms with E-state index in [1.807, 2.05) is 63.2 Å². The highest BCUT2D eigenvalue weighted by molar-refractivity contribution is 7.89. The summed E-state index contributed by atoms with van der Waals surface area (Å²) in [7, 11) is -3.51. The van der Waals surface area contributed by atoms with Gasteiger partial charge in [-0.05, 0) is 44.4 Å². The van der Waals surface area contributed by atoms with Crippen LogP contribution in [0, 0.1) is 20.8 Å². The quantitative estimate of drug-likeness (QED) is 0.689. The molecule has 0 spiro atoms. The van der Waals surface area contributed by atoms with Crippen LogP contribution in [0.15, 0.2) is 53.4 Å². The van der Waals surface area contributed by atoms with Gasteiger partial charge in [0, 0.05) is 17.0 Å². The first-order valence-electron chi connectivity index (χ1n) is 8.45. The molecular weight excluding hydrogens is 364 g/mol. The summed E-state index contributed by atoms with van der Waals surface area (Å²) in [5.41, 5.74) is 3.73. The molecule has 0 aliphatic carbocycles. The van der Waals surface area contributed by atoms with Gasteiger partial charge in [-0.1, -0.05) is 42.5 Å². The van der Waals surface area contributed by atoms with Gasteiger partial charge in [0.05, 0.1) is 10.6 Å². The van der Waals surface area contributed by atoms with E-state index in [1.54, 1.807) is 17.4 Å². The molecular formula is C20H22N2O2S2. The summed E-state index contributed by atoms with van der Waals surface area (Å²) in [6.45, 7) is 6.03. The lowest BCUT2D eigenvalue weighted by molar-refractivity contribution is 0.581. The summed E-state index contributed by atoms with van der Waals surface area (Å²) in [5.74, 6) is 0. The zero-order chi connectivity index (χ0) is 18.7. The first-order chi connectivity index (χ1) is 12.4. The van der Waals surface area contributed by atoms with E-state index in [0.29, 0.717) is 17.9 Å². The standard InChI is InChI=1S/C20H22N2O2S2/c1-14-9-10-15(2)19(13-14)26(23,24)21-12-11-18-16(3)22-20(25-18)17-7-5-4-6-8-17/h4-10,13,21H,11-12H2,1-3H3. The van der Waals surface area contributed by atoms with Crippen molar-refractivity contribution in [3.05, 3.63) is 70.2 Å². The molecule has 0 saturated heterocycles. The average molecular weight is 387 g/mol. The van der Waals surface area contributed by atoms with Gasteiger partial charge < -0.3 is 0 Å². The molecule has 4 nitrogen and oxygen atoms in total. The second-order valence-corrected chi connectivity index (χ2v) is 9.13. The number of rotatable bonds is 6. The fourth-order valence-electron chi connectivity index (χ4n) is 2.74. The van der Waals surface area contributed by atoms with Gasteiger partial charge in [0.15, 0.2) is 0 Å². The topological polar surface area (TPSA) is 59.1 Å². The number of thiazole rings is 1. The molecule has 3 rings (SSSR count). The van der Waals surface area contributed by atoms with Gasteiger partial charge in [-0.3, -0.25) is 0 Å². The average Bonchev–Trinajstić information content (AvgIpc) is 2.98. The van der Waals surface area contributed by atoms with Crippen LogP contribution in [-0.2, 0) is 16.4 Å². The third-order valence-corrected chi connectivity index (χ3v) is 7.06. The first-order valence-corrected chi connectivity index (χ1v) is 10.8. The third kappa shape index (κ3) is 4.20. The van der Waals surface area contributed by atoms with E-state index in [0.717, 1.165) is 32.3 Å². The van der Waals surface area contributed by atoms with Crippen LogP contribution in [0.1, 0.15) is 21.7 Å². The molecule has 136 valence electrons. The minimum atomic E-state index is -3.51. The van der Waals surface area contributed by atoms with Crippen molar-refractivity contribution in [3.8, 4) is 10.6 Å². The van der Waals surface area contributed by atoms with E-state index in [2.05, 4.69) is 9.71 Å². The van der Waals surface area contributed by atoms with Crippen LogP contribution in [0.25, 0.3) is 10.6 Å². The van der Waals surface area contributed by atoms with Crippen molar-refractivity contribution < 1.29 is 8.42 Å². The lowest BCUT2D eigenvalue weighted by atomic mass is 10.2. The smallest absolute Gasteiger partial charge is 0.240 e. The molecule has 0 fully saturated rings. The maximum atomic E-state index is 12.6. The minimum Gasteiger partial charge on any atom is -0.241 e. The molecule has 26 heavy (non-hydrogen) atoms. The summed E-state index contributed by atoms with van der Waals surface area (Å²) in [6.07, 6.45) is 0.625. The van der Waals surface area contributed by atoms with Gasteiger partial charge in [0.1, 0.15) is 5.01 Å². The molecule has 0 amide bonds. The number of aromatic nitrogens is 1. The van der Waals surface area contributed by atoms with Crippen LogP contribution in [0.3, 0.4) is 0 Å². The zero-order valence-corrected chi connectivity index (χ0v) is 16.7. The van der Waals surface area contributed by atoms with E-state index in [4.69, 9.17) is 0 Å². The lowest BCUT2D eigenvalue weighted by Crippen LogP contribution is -2.26. The van der Waals surface area contributed by atoms with Crippen LogP contribution in [0.5, 0.6) is 0 Å². The number of aryl methyl sites for hydroxylation is 3.